The lowest BCUT2D eigenvalue weighted by Gasteiger charge is -2.35. The molecule has 1 aliphatic rings. The number of phenolic OH excluding ortho intramolecular Hbond substituents is 1. The molecule has 0 amide bonds. The normalized spacial score (nSPS) is 16.7. The third-order valence-electron chi connectivity index (χ3n) is 3.58. The van der Waals surface area contributed by atoms with Crippen molar-refractivity contribution in [2.45, 2.75) is 19.4 Å². The molecule has 1 saturated heterocycles. The van der Waals surface area contributed by atoms with E-state index in [-0.39, 0.29) is 30.9 Å². The first-order chi connectivity index (χ1) is 8.76. The highest BCUT2D eigenvalue weighted by molar-refractivity contribution is 5.85. The predicted octanol–water partition coefficient (Wildman–Crippen LogP) is 2.60. The van der Waals surface area contributed by atoms with Crippen molar-refractivity contribution in [2.24, 2.45) is 0 Å². The van der Waals surface area contributed by atoms with Gasteiger partial charge in [0.2, 0.25) is 0 Å². The van der Waals surface area contributed by atoms with Crippen molar-refractivity contribution < 1.29 is 9.84 Å². The van der Waals surface area contributed by atoms with Crippen LogP contribution < -0.4 is 10.1 Å². The van der Waals surface area contributed by atoms with Crippen molar-refractivity contribution in [3.8, 4) is 11.5 Å². The molecule has 4 nitrogen and oxygen atoms in total. The van der Waals surface area contributed by atoms with E-state index in [0.29, 0.717) is 11.5 Å². The van der Waals surface area contributed by atoms with Gasteiger partial charge in [-0.25, -0.2) is 0 Å². The highest BCUT2D eigenvalue weighted by Crippen LogP contribution is 2.33. The molecule has 0 aliphatic carbocycles. The van der Waals surface area contributed by atoms with Crippen molar-refractivity contribution in [3.63, 3.8) is 0 Å². The van der Waals surface area contributed by atoms with Crippen LogP contribution in [0.15, 0.2) is 18.2 Å². The summed E-state index contributed by atoms with van der Waals surface area (Å²) in [6, 6.07) is 5.88. The summed E-state index contributed by atoms with van der Waals surface area (Å²) in [7, 11) is 1.61. The summed E-state index contributed by atoms with van der Waals surface area (Å²) < 4.78 is 5.13. The quantitative estimate of drug-likeness (QED) is 0.894. The molecular formula is C14H24Cl2N2O2. The molecule has 20 heavy (non-hydrogen) atoms. The fraction of sp³-hybridized carbons (Fsp3) is 0.571. The molecule has 1 aromatic rings. The van der Waals surface area contributed by atoms with E-state index in [1.807, 2.05) is 12.1 Å². The summed E-state index contributed by atoms with van der Waals surface area (Å²) in [5.74, 6) is 1.03. The maximum atomic E-state index is 10.1. The van der Waals surface area contributed by atoms with Crippen molar-refractivity contribution in [1.29, 1.82) is 0 Å². The molecule has 1 fully saturated rings. The molecule has 1 aromatic carbocycles. The van der Waals surface area contributed by atoms with Crippen LogP contribution in [0.1, 0.15) is 24.9 Å². The van der Waals surface area contributed by atoms with Crippen LogP contribution in [0.25, 0.3) is 0 Å². The van der Waals surface area contributed by atoms with E-state index < -0.39 is 0 Å². The fourth-order valence-corrected chi connectivity index (χ4v) is 2.60. The number of benzene rings is 1. The van der Waals surface area contributed by atoms with Gasteiger partial charge in [0.05, 0.1) is 7.11 Å². The van der Waals surface area contributed by atoms with Crippen molar-refractivity contribution in [3.05, 3.63) is 23.8 Å². The number of piperazine rings is 1. The molecular weight excluding hydrogens is 299 g/mol. The number of nitrogens with one attached hydrogen (secondary N) is 1. The Bertz CT molecular complexity index is 399. The number of hydrogen-bond donors (Lipinski definition) is 2. The molecule has 6 heteroatoms. The number of methoxy groups -OCH3 is 1. The summed E-state index contributed by atoms with van der Waals surface area (Å²) in [5.41, 5.74) is 1.00. The lowest BCUT2D eigenvalue weighted by molar-refractivity contribution is 0.167. The standard InChI is InChI=1S/C14H22N2O2.2ClH/c1-3-13(16-8-6-15-7-9-16)12-5-4-11(18-2)10-14(12)17;;/h4-5,10,13,15,17H,3,6-9H2,1-2H3;2*1H/t13-;;/m1../s1. The summed E-state index contributed by atoms with van der Waals surface area (Å²) >= 11 is 0. The zero-order valence-electron chi connectivity index (χ0n) is 12.0. The molecule has 116 valence electrons. The molecule has 0 unspecified atom stereocenters. The lowest BCUT2D eigenvalue weighted by atomic mass is 10.0. The Morgan fingerprint density at radius 1 is 1.30 bits per heavy atom. The van der Waals surface area contributed by atoms with Gasteiger partial charge in [0.1, 0.15) is 11.5 Å². The van der Waals surface area contributed by atoms with E-state index in [0.717, 1.165) is 38.2 Å². The largest absolute Gasteiger partial charge is 0.507 e. The third kappa shape index (κ3) is 4.42. The Hall–Kier alpha value is -0.680. The van der Waals surface area contributed by atoms with Gasteiger partial charge in [-0.1, -0.05) is 13.0 Å². The summed E-state index contributed by atoms with van der Waals surface area (Å²) in [5, 5.41) is 13.5. The number of nitrogens with zero attached hydrogens (tertiary/aromatic N) is 1. The Balaban J connectivity index is 0.00000180. The number of halogens is 2. The van der Waals surface area contributed by atoms with Crippen molar-refractivity contribution in [2.75, 3.05) is 33.3 Å². The lowest BCUT2D eigenvalue weighted by Crippen LogP contribution is -2.45. The monoisotopic (exact) mass is 322 g/mol. The van der Waals surface area contributed by atoms with Gasteiger partial charge in [-0.3, -0.25) is 4.90 Å². The number of rotatable bonds is 4. The second-order valence-corrected chi connectivity index (χ2v) is 4.63. The fourth-order valence-electron chi connectivity index (χ4n) is 2.60. The van der Waals surface area contributed by atoms with Crippen LogP contribution >= 0.6 is 24.8 Å². The minimum atomic E-state index is 0. The van der Waals surface area contributed by atoms with Gasteiger partial charge in [0.25, 0.3) is 0 Å². The molecule has 2 rings (SSSR count). The van der Waals surface area contributed by atoms with E-state index in [1.165, 1.54) is 0 Å². The highest BCUT2D eigenvalue weighted by atomic mass is 35.5. The number of phenols is 1. The highest BCUT2D eigenvalue weighted by Gasteiger charge is 2.22. The minimum absolute atomic E-state index is 0. The van der Waals surface area contributed by atoms with Crippen LogP contribution in [0.2, 0.25) is 0 Å². The van der Waals surface area contributed by atoms with Gasteiger partial charge >= 0.3 is 0 Å². The van der Waals surface area contributed by atoms with Gasteiger partial charge in [-0.2, -0.15) is 0 Å². The average molecular weight is 323 g/mol. The van der Waals surface area contributed by atoms with Gasteiger partial charge in [-0.15, -0.1) is 24.8 Å². The maximum Gasteiger partial charge on any atom is 0.124 e. The van der Waals surface area contributed by atoms with Crippen LogP contribution in [0.5, 0.6) is 11.5 Å². The molecule has 1 heterocycles. The van der Waals surface area contributed by atoms with Crippen LogP contribution in [0.3, 0.4) is 0 Å². The molecule has 0 spiro atoms. The van der Waals surface area contributed by atoms with Crippen LogP contribution in [0, 0.1) is 0 Å². The van der Waals surface area contributed by atoms with Gasteiger partial charge < -0.3 is 15.2 Å². The first-order valence-corrected chi connectivity index (χ1v) is 6.58. The Morgan fingerprint density at radius 3 is 2.45 bits per heavy atom. The van der Waals surface area contributed by atoms with E-state index >= 15 is 0 Å². The van der Waals surface area contributed by atoms with Gasteiger partial charge in [0, 0.05) is 43.9 Å². The van der Waals surface area contributed by atoms with Crippen molar-refractivity contribution >= 4 is 24.8 Å². The van der Waals surface area contributed by atoms with E-state index in [4.69, 9.17) is 4.74 Å². The van der Waals surface area contributed by atoms with Crippen molar-refractivity contribution in [1.82, 2.24) is 10.2 Å². The molecule has 0 radical (unpaired) electrons. The van der Waals surface area contributed by atoms with Crippen LogP contribution in [-0.4, -0.2) is 43.3 Å². The molecule has 1 aliphatic heterocycles. The summed E-state index contributed by atoms with van der Waals surface area (Å²) in [6.45, 7) is 6.27. The predicted molar refractivity (Wildman–Crippen MR) is 86.6 cm³/mol. The zero-order chi connectivity index (χ0) is 13.0. The third-order valence-corrected chi connectivity index (χ3v) is 3.58. The molecule has 1 atom stereocenters. The molecule has 0 saturated carbocycles. The Morgan fingerprint density at radius 2 is 1.95 bits per heavy atom. The zero-order valence-corrected chi connectivity index (χ0v) is 13.6. The molecule has 0 bridgehead atoms. The van der Waals surface area contributed by atoms with Crippen LogP contribution in [0.4, 0.5) is 0 Å². The second kappa shape index (κ2) is 9.29. The first-order valence-electron chi connectivity index (χ1n) is 6.58. The van der Waals surface area contributed by atoms with E-state index in [1.54, 1.807) is 13.2 Å². The van der Waals surface area contributed by atoms with Gasteiger partial charge in [0.15, 0.2) is 0 Å². The summed E-state index contributed by atoms with van der Waals surface area (Å²) in [4.78, 5) is 2.43. The maximum absolute atomic E-state index is 10.1. The van der Waals surface area contributed by atoms with E-state index in [9.17, 15) is 5.11 Å². The molecule has 0 aromatic heterocycles. The number of aromatic hydroxyl groups is 1. The topological polar surface area (TPSA) is 44.7 Å². The second-order valence-electron chi connectivity index (χ2n) is 4.63. The molecule has 2 N–H and O–H groups in total. The smallest absolute Gasteiger partial charge is 0.124 e. The summed E-state index contributed by atoms with van der Waals surface area (Å²) in [6.07, 6.45) is 1.000. The average Bonchev–Trinajstić information content (AvgIpc) is 2.42. The minimum Gasteiger partial charge on any atom is -0.507 e. The SMILES string of the molecule is CC[C@H](c1ccc(OC)cc1O)N1CCNCC1.Cl.Cl. The number of hydrogen-bond acceptors (Lipinski definition) is 4. The van der Waals surface area contributed by atoms with E-state index in [2.05, 4.69) is 17.1 Å². The Labute approximate surface area is 133 Å². The number of ether oxygens (including phenoxy) is 1. The van der Waals surface area contributed by atoms with Gasteiger partial charge in [-0.05, 0) is 12.5 Å². The Kier molecular flexibility index (Phi) is 8.98. The first kappa shape index (κ1) is 19.3. The van der Waals surface area contributed by atoms with Crippen LogP contribution in [-0.2, 0) is 0 Å².